The Labute approximate surface area is 171 Å². The van der Waals surface area contributed by atoms with Gasteiger partial charge in [-0.15, -0.1) is 0 Å². The van der Waals surface area contributed by atoms with Gasteiger partial charge in [0.25, 0.3) is 0 Å². The SMILES string of the molecule is O=C(NCc1cc(Cl)nc(-c2cnc(C(F)(F)F)nc2)c1)[C@@H]1C[C@@H](F)CN1C(=O)[O-]. The van der Waals surface area contributed by atoms with Crippen LogP contribution in [0.4, 0.5) is 22.4 Å². The Morgan fingerprint density at radius 2 is 1.93 bits per heavy atom. The highest BCUT2D eigenvalue weighted by Gasteiger charge is 2.37. The molecule has 0 aliphatic carbocycles. The minimum Gasteiger partial charge on any atom is -0.530 e. The van der Waals surface area contributed by atoms with Crippen molar-refractivity contribution in [3.63, 3.8) is 0 Å². The number of rotatable bonds is 4. The van der Waals surface area contributed by atoms with Crippen molar-refractivity contribution >= 4 is 23.6 Å². The number of carbonyl (C=O) groups is 2. The van der Waals surface area contributed by atoms with Gasteiger partial charge in [-0.05, 0) is 17.7 Å². The Balaban J connectivity index is 1.73. The summed E-state index contributed by atoms with van der Waals surface area (Å²) in [4.78, 5) is 34.4. The molecule has 8 nitrogen and oxygen atoms in total. The predicted octanol–water partition coefficient (Wildman–Crippen LogP) is 1.58. The third kappa shape index (κ3) is 4.93. The second-order valence-corrected chi connectivity index (χ2v) is 6.85. The second kappa shape index (κ2) is 8.38. The Bertz CT molecular complexity index is 957. The summed E-state index contributed by atoms with van der Waals surface area (Å²) in [6.45, 7) is -0.552. The zero-order valence-corrected chi connectivity index (χ0v) is 15.7. The maximum absolute atomic E-state index is 13.5. The van der Waals surface area contributed by atoms with Crippen molar-refractivity contribution in [2.75, 3.05) is 6.54 Å². The molecule has 0 saturated carbocycles. The molecule has 1 fully saturated rings. The van der Waals surface area contributed by atoms with Crippen LogP contribution in [0.15, 0.2) is 24.5 Å². The highest BCUT2D eigenvalue weighted by Crippen LogP contribution is 2.27. The van der Waals surface area contributed by atoms with Gasteiger partial charge in [-0.1, -0.05) is 11.6 Å². The second-order valence-electron chi connectivity index (χ2n) is 6.46. The molecule has 30 heavy (non-hydrogen) atoms. The average molecular weight is 447 g/mol. The van der Waals surface area contributed by atoms with Crippen molar-refractivity contribution in [2.45, 2.75) is 31.4 Å². The number of carboxylic acid groups (broad SMARTS) is 1. The lowest BCUT2D eigenvalue weighted by atomic mass is 10.1. The number of pyridine rings is 1. The molecule has 0 unspecified atom stereocenters. The Hall–Kier alpha value is -3.02. The largest absolute Gasteiger partial charge is 0.530 e. The third-order valence-corrected chi connectivity index (χ3v) is 4.50. The van der Waals surface area contributed by atoms with Crippen LogP contribution in [0.1, 0.15) is 17.8 Å². The lowest BCUT2D eigenvalue weighted by molar-refractivity contribution is -0.266. The summed E-state index contributed by atoms with van der Waals surface area (Å²) in [6.07, 6.45) is -6.21. The van der Waals surface area contributed by atoms with Crippen LogP contribution < -0.4 is 10.4 Å². The van der Waals surface area contributed by atoms with Gasteiger partial charge in [0, 0.05) is 30.9 Å². The predicted molar refractivity (Wildman–Crippen MR) is 92.5 cm³/mol. The number of aromatic nitrogens is 3. The molecule has 0 bridgehead atoms. The summed E-state index contributed by atoms with van der Waals surface area (Å²) < 4.78 is 51.2. The quantitative estimate of drug-likeness (QED) is 0.564. The van der Waals surface area contributed by atoms with Gasteiger partial charge in [0.1, 0.15) is 23.5 Å². The van der Waals surface area contributed by atoms with Crippen LogP contribution in [0.2, 0.25) is 5.15 Å². The van der Waals surface area contributed by atoms with Crippen LogP contribution in [0.5, 0.6) is 0 Å². The molecule has 2 amide bonds. The van der Waals surface area contributed by atoms with Crippen LogP contribution in [0.25, 0.3) is 11.3 Å². The number of hydrogen-bond donors (Lipinski definition) is 1. The maximum Gasteiger partial charge on any atom is 0.451 e. The Morgan fingerprint density at radius 1 is 1.27 bits per heavy atom. The standard InChI is InChI=1S/C17H14ClF4N5O3/c18-13-2-8(4-23-14(28)12-3-10(19)7-27(12)16(29)30)1-11(26-13)9-5-24-15(25-6-9)17(20,21)22/h1-2,5-6,10,12H,3-4,7H2,(H,23,28)(H,29,30)/p-1/t10-,12+/m1/s1. The van der Waals surface area contributed by atoms with Gasteiger partial charge in [0.2, 0.25) is 11.7 Å². The first-order chi connectivity index (χ1) is 14.0. The Morgan fingerprint density at radius 3 is 2.53 bits per heavy atom. The van der Waals surface area contributed by atoms with Crippen molar-refractivity contribution in [1.29, 1.82) is 0 Å². The van der Waals surface area contributed by atoms with Crippen LogP contribution in [-0.4, -0.2) is 50.6 Å². The normalized spacial score (nSPS) is 19.0. The molecule has 160 valence electrons. The summed E-state index contributed by atoms with van der Waals surface area (Å²) in [5.74, 6) is -2.02. The van der Waals surface area contributed by atoms with Gasteiger partial charge >= 0.3 is 6.18 Å². The molecule has 1 N–H and O–H groups in total. The van der Waals surface area contributed by atoms with E-state index in [1.807, 2.05) is 0 Å². The molecule has 1 aliphatic rings. The number of carbonyl (C=O) groups excluding carboxylic acids is 2. The molecule has 1 saturated heterocycles. The number of nitrogens with zero attached hydrogens (tertiary/aromatic N) is 4. The first-order valence-electron chi connectivity index (χ1n) is 8.50. The van der Waals surface area contributed by atoms with Crippen LogP contribution >= 0.6 is 11.6 Å². The molecule has 0 spiro atoms. The Kier molecular flexibility index (Phi) is 6.06. The van der Waals surface area contributed by atoms with Gasteiger partial charge in [-0.3, -0.25) is 4.79 Å². The molecule has 1 aliphatic heterocycles. The third-order valence-electron chi connectivity index (χ3n) is 4.31. The molecule has 0 radical (unpaired) electrons. The molecule has 2 aromatic heterocycles. The molecule has 3 rings (SSSR count). The summed E-state index contributed by atoms with van der Waals surface area (Å²) in [5.41, 5.74) is 0.756. The van der Waals surface area contributed by atoms with E-state index in [9.17, 15) is 32.3 Å². The summed E-state index contributed by atoms with van der Waals surface area (Å²) in [6, 6.07) is 1.63. The van der Waals surface area contributed by atoms with E-state index >= 15 is 0 Å². The summed E-state index contributed by atoms with van der Waals surface area (Å²) >= 11 is 5.94. The first-order valence-corrected chi connectivity index (χ1v) is 8.88. The fraction of sp³-hybridized carbons (Fsp3) is 0.353. The molecule has 2 aromatic rings. The minimum atomic E-state index is -4.69. The number of hydrogen-bond acceptors (Lipinski definition) is 6. The molecule has 2 atom stereocenters. The molecule has 13 heteroatoms. The van der Waals surface area contributed by atoms with Gasteiger partial charge in [0.05, 0.1) is 12.2 Å². The summed E-state index contributed by atoms with van der Waals surface area (Å²) in [5, 5.41) is 13.5. The van der Waals surface area contributed by atoms with Gasteiger partial charge in [-0.25, -0.2) is 19.3 Å². The lowest BCUT2D eigenvalue weighted by Crippen LogP contribution is -2.50. The first kappa shape index (κ1) is 21.7. The fourth-order valence-electron chi connectivity index (χ4n) is 2.95. The van der Waals surface area contributed by atoms with E-state index in [0.717, 1.165) is 12.4 Å². The maximum atomic E-state index is 13.5. The van der Waals surface area contributed by atoms with Crippen molar-refractivity contribution in [2.24, 2.45) is 0 Å². The van der Waals surface area contributed by atoms with Crippen molar-refractivity contribution in [3.8, 4) is 11.3 Å². The number of halogens is 5. The number of alkyl halides is 4. The van der Waals surface area contributed by atoms with Crippen LogP contribution in [0, 0.1) is 0 Å². The van der Waals surface area contributed by atoms with Gasteiger partial charge < -0.3 is 20.1 Å². The van der Waals surface area contributed by atoms with E-state index in [-0.39, 0.29) is 29.4 Å². The van der Waals surface area contributed by atoms with Crippen LogP contribution in [0.3, 0.4) is 0 Å². The van der Waals surface area contributed by atoms with Crippen LogP contribution in [-0.2, 0) is 17.5 Å². The number of likely N-dealkylation sites (tertiary alicyclic amines) is 1. The molecule has 3 heterocycles. The monoisotopic (exact) mass is 446 g/mol. The number of nitrogens with one attached hydrogen (secondary N) is 1. The average Bonchev–Trinajstić information content (AvgIpc) is 3.07. The lowest BCUT2D eigenvalue weighted by Gasteiger charge is -2.25. The minimum absolute atomic E-state index is 0.00213. The molecular formula is C17H13ClF4N5O3-. The zero-order valence-electron chi connectivity index (χ0n) is 15.0. The van der Waals surface area contributed by atoms with E-state index in [2.05, 4.69) is 20.3 Å². The van der Waals surface area contributed by atoms with E-state index in [0.29, 0.717) is 10.5 Å². The topological polar surface area (TPSA) is 111 Å². The van der Waals surface area contributed by atoms with Crippen molar-refractivity contribution in [3.05, 3.63) is 41.1 Å². The van der Waals surface area contributed by atoms with E-state index < -0.39 is 42.8 Å². The van der Waals surface area contributed by atoms with Gasteiger partial charge in [0.15, 0.2) is 0 Å². The van der Waals surface area contributed by atoms with E-state index in [1.54, 1.807) is 0 Å². The van der Waals surface area contributed by atoms with Crippen molar-refractivity contribution in [1.82, 2.24) is 25.2 Å². The molecule has 0 aromatic carbocycles. The highest BCUT2D eigenvalue weighted by molar-refractivity contribution is 6.29. The molecular weight excluding hydrogens is 434 g/mol. The summed E-state index contributed by atoms with van der Waals surface area (Å²) in [7, 11) is 0. The van der Waals surface area contributed by atoms with Crippen molar-refractivity contribution < 1.29 is 32.3 Å². The van der Waals surface area contributed by atoms with E-state index in [4.69, 9.17) is 11.6 Å². The van der Waals surface area contributed by atoms with Gasteiger partial charge in [-0.2, -0.15) is 13.2 Å². The smallest absolute Gasteiger partial charge is 0.451 e. The number of amides is 2. The fourth-order valence-corrected chi connectivity index (χ4v) is 3.18. The van der Waals surface area contributed by atoms with E-state index in [1.165, 1.54) is 12.1 Å². The zero-order chi connectivity index (χ0) is 22.1. The highest BCUT2D eigenvalue weighted by atomic mass is 35.5.